The Hall–Kier alpha value is -0.330. The van der Waals surface area contributed by atoms with Crippen LogP contribution in [0.4, 0.5) is 0 Å². The molecule has 3 atom stereocenters. The average Bonchev–Trinajstić information content (AvgIpc) is 2.26. The predicted molar refractivity (Wildman–Crippen MR) is 62.6 cm³/mol. The van der Waals surface area contributed by atoms with E-state index in [-0.39, 0.29) is 0 Å². The van der Waals surface area contributed by atoms with E-state index in [9.17, 15) is 4.79 Å². The molecule has 0 aliphatic heterocycles. The summed E-state index contributed by atoms with van der Waals surface area (Å²) >= 11 is 0. The van der Waals surface area contributed by atoms with E-state index < -0.39 is 0 Å². The molecule has 2 aliphatic carbocycles. The number of carbonyl (C=O) groups excluding carboxylic acids is 1. The second-order valence-corrected chi connectivity index (χ2v) is 6.78. The molecule has 0 amide bonds. The minimum atomic E-state index is 0.368. The van der Waals surface area contributed by atoms with E-state index in [4.69, 9.17) is 0 Å². The molecule has 15 heavy (non-hydrogen) atoms. The highest BCUT2D eigenvalue weighted by Gasteiger charge is 2.58. The Morgan fingerprint density at radius 3 is 2.33 bits per heavy atom. The number of Topliss-reactive ketones (excluding diaryl/α,β-unsaturated/α-hetero) is 1. The Labute approximate surface area is 93.6 Å². The molecular formula is C14H24O. The molecular weight excluding hydrogens is 184 g/mol. The first kappa shape index (κ1) is 11.2. The molecule has 0 N–H and O–H groups in total. The van der Waals surface area contributed by atoms with Crippen molar-refractivity contribution < 1.29 is 4.79 Å². The van der Waals surface area contributed by atoms with E-state index in [1.165, 1.54) is 0 Å². The lowest BCUT2D eigenvalue weighted by Gasteiger charge is -2.41. The van der Waals surface area contributed by atoms with Gasteiger partial charge in [-0.05, 0) is 35.0 Å². The third-order valence-corrected chi connectivity index (χ3v) is 6.08. The van der Waals surface area contributed by atoms with Crippen molar-refractivity contribution in [1.29, 1.82) is 0 Å². The molecule has 0 heterocycles. The van der Waals surface area contributed by atoms with Crippen molar-refractivity contribution in [1.82, 2.24) is 0 Å². The Morgan fingerprint density at radius 2 is 1.73 bits per heavy atom. The van der Waals surface area contributed by atoms with Crippen molar-refractivity contribution in [3.8, 4) is 0 Å². The fourth-order valence-corrected chi connectivity index (χ4v) is 4.06. The minimum Gasteiger partial charge on any atom is -0.300 e. The zero-order valence-corrected chi connectivity index (χ0v) is 10.8. The van der Waals surface area contributed by atoms with Crippen molar-refractivity contribution >= 4 is 5.78 Å². The summed E-state index contributed by atoms with van der Waals surface area (Å²) in [6.07, 6.45) is 2.80. The Morgan fingerprint density at radius 1 is 1.13 bits per heavy atom. The zero-order valence-electron chi connectivity index (χ0n) is 10.8. The zero-order chi connectivity index (χ0) is 11.4. The first-order chi connectivity index (χ1) is 6.78. The second-order valence-electron chi connectivity index (χ2n) is 6.78. The summed E-state index contributed by atoms with van der Waals surface area (Å²) in [5, 5.41) is 0. The lowest BCUT2D eigenvalue weighted by molar-refractivity contribution is -0.123. The lowest BCUT2D eigenvalue weighted by atomic mass is 9.63. The van der Waals surface area contributed by atoms with Gasteiger partial charge >= 0.3 is 0 Å². The summed E-state index contributed by atoms with van der Waals surface area (Å²) in [6, 6.07) is 0. The van der Waals surface area contributed by atoms with Crippen LogP contribution in [-0.4, -0.2) is 5.78 Å². The van der Waals surface area contributed by atoms with Crippen molar-refractivity contribution in [3.05, 3.63) is 0 Å². The summed E-state index contributed by atoms with van der Waals surface area (Å²) in [7, 11) is 0. The Kier molecular flexibility index (Phi) is 2.30. The number of ketones is 1. The van der Waals surface area contributed by atoms with Crippen LogP contribution in [0, 0.1) is 28.6 Å². The third kappa shape index (κ3) is 1.31. The van der Waals surface area contributed by atoms with Crippen LogP contribution in [0.25, 0.3) is 0 Å². The third-order valence-electron chi connectivity index (χ3n) is 6.08. The molecule has 3 unspecified atom stereocenters. The van der Waals surface area contributed by atoms with Gasteiger partial charge in [0.15, 0.2) is 0 Å². The first-order valence-electron chi connectivity index (χ1n) is 6.30. The van der Waals surface area contributed by atoms with E-state index in [1.54, 1.807) is 0 Å². The standard InChI is InChI=1S/C14H24O/c1-9-11-8-10(15)6-7-12(11)14(4,5)13(9,2)3/h9,11-12H,6-8H2,1-5H3. The molecule has 1 heteroatoms. The molecule has 86 valence electrons. The number of fused-ring (bicyclic) bond motifs is 1. The molecule has 0 aromatic rings. The van der Waals surface area contributed by atoms with Crippen LogP contribution in [0.2, 0.25) is 0 Å². The van der Waals surface area contributed by atoms with Gasteiger partial charge in [-0.25, -0.2) is 0 Å². The topological polar surface area (TPSA) is 17.1 Å². The van der Waals surface area contributed by atoms with Crippen LogP contribution >= 0.6 is 0 Å². The summed E-state index contributed by atoms with van der Waals surface area (Å²) in [4.78, 5) is 11.6. The molecule has 2 aliphatic rings. The summed E-state index contributed by atoms with van der Waals surface area (Å²) in [5.74, 6) is 2.59. The Bertz CT molecular complexity index is 288. The number of rotatable bonds is 0. The molecule has 2 rings (SSSR count). The minimum absolute atomic E-state index is 0.368. The molecule has 0 saturated heterocycles. The van der Waals surface area contributed by atoms with Gasteiger partial charge in [-0.2, -0.15) is 0 Å². The van der Waals surface area contributed by atoms with Gasteiger partial charge in [0.25, 0.3) is 0 Å². The van der Waals surface area contributed by atoms with Gasteiger partial charge in [-0.1, -0.05) is 34.6 Å². The number of hydrogen-bond acceptors (Lipinski definition) is 1. The predicted octanol–water partition coefficient (Wildman–Crippen LogP) is 3.67. The summed E-state index contributed by atoms with van der Waals surface area (Å²) in [6.45, 7) is 11.9. The van der Waals surface area contributed by atoms with Gasteiger partial charge in [0.1, 0.15) is 5.78 Å². The fraction of sp³-hybridized carbons (Fsp3) is 0.929. The van der Waals surface area contributed by atoms with E-state index in [0.29, 0.717) is 28.4 Å². The molecule has 2 fully saturated rings. The van der Waals surface area contributed by atoms with Crippen molar-refractivity contribution in [2.75, 3.05) is 0 Å². The van der Waals surface area contributed by atoms with E-state index >= 15 is 0 Å². The Balaban J connectivity index is 2.36. The largest absolute Gasteiger partial charge is 0.300 e. The number of carbonyl (C=O) groups is 1. The van der Waals surface area contributed by atoms with E-state index in [2.05, 4.69) is 34.6 Å². The van der Waals surface area contributed by atoms with Gasteiger partial charge in [-0.15, -0.1) is 0 Å². The smallest absolute Gasteiger partial charge is 0.133 e. The van der Waals surface area contributed by atoms with Crippen LogP contribution < -0.4 is 0 Å². The monoisotopic (exact) mass is 208 g/mol. The molecule has 0 aromatic carbocycles. The number of hydrogen-bond donors (Lipinski definition) is 0. The van der Waals surface area contributed by atoms with Gasteiger partial charge in [0, 0.05) is 12.8 Å². The normalized spacial score (nSPS) is 42.7. The highest BCUT2D eigenvalue weighted by Crippen LogP contribution is 2.64. The molecule has 0 aromatic heterocycles. The van der Waals surface area contributed by atoms with Crippen LogP contribution in [-0.2, 0) is 4.79 Å². The maximum Gasteiger partial charge on any atom is 0.133 e. The highest BCUT2D eigenvalue weighted by atomic mass is 16.1. The highest BCUT2D eigenvalue weighted by molar-refractivity contribution is 5.79. The van der Waals surface area contributed by atoms with Crippen LogP contribution in [0.5, 0.6) is 0 Å². The maximum absolute atomic E-state index is 11.6. The molecule has 0 bridgehead atoms. The average molecular weight is 208 g/mol. The van der Waals surface area contributed by atoms with Crippen LogP contribution in [0.3, 0.4) is 0 Å². The van der Waals surface area contributed by atoms with Crippen molar-refractivity contribution in [2.45, 2.75) is 53.9 Å². The second kappa shape index (κ2) is 3.09. The van der Waals surface area contributed by atoms with Crippen LogP contribution in [0.1, 0.15) is 53.9 Å². The lowest BCUT2D eigenvalue weighted by Crippen LogP contribution is -2.34. The van der Waals surface area contributed by atoms with Gasteiger partial charge in [-0.3, -0.25) is 4.79 Å². The maximum atomic E-state index is 11.6. The molecule has 1 nitrogen and oxygen atoms in total. The molecule has 2 saturated carbocycles. The quantitative estimate of drug-likeness (QED) is 0.593. The molecule has 0 spiro atoms. The van der Waals surface area contributed by atoms with Crippen molar-refractivity contribution in [3.63, 3.8) is 0 Å². The fourth-order valence-electron chi connectivity index (χ4n) is 4.06. The van der Waals surface area contributed by atoms with Gasteiger partial charge in [0.2, 0.25) is 0 Å². The summed E-state index contributed by atoms with van der Waals surface area (Å²) in [5.41, 5.74) is 0.755. The van der Waals surface area contributed by atoms with Crippen molar-refractivity contribution in [2.24, 2.45) is 28.6 Å². The van der Waals surface area contributed by atoms with Gasteiger partial charge < -0.3 is 0 Å². The first-order valence-corrected chi connectivity index (χ1v) is 6.30. The van der Waals surface area contributed by atoms with Gasteiger partial charge in [0.05, 0.1) is 0 Å². The van der Waals surface area contributed by atoms with E-state index in [0.717, 1.165) is 25.2 Å². The SMILES string of the molecule is CC1C2CC(=O)CCC2C(C)(C)C1(C)C. The molecule has 0 radical (unpaired) electrons. The van der Waals surface area contributed by atoms with E-state index in [1.807, 2.05) is 0 Å². The summed E-state index contributed by atoms with van der Waals surface area (Å²) < 4.78 is 0. The van der Waals surface area contributed by atoms with Crippen LogP contribution in [0.15, 0.2) is 0 Å².